The van der Waals surface area contributed by atoms with Crippen molar-refractivity contribution in [2.45, 2.75) is 45.3 Å². The maximum Gasteiger partial charge on any atom is 0.253 e. The Morgan fingerprint density at radius 2 is 2.12 bits per heavy atom. The van der Waals surface area contributed by atoms with Crippen LogP contribution >= 0.6 is 0 Å². The second kappa shape index (κ2) is 9.03. The van der Waals surface area contributed by atoms with Gasteiger partial charge in [0.15, 0.2) is 5.96 Å². The zero-order valence-corrected chi connectivity index (χ0v) is 15.8. The topological polar surface area (TPSA) is 66.0 Å². The number of benzene rings is 1. The lowest BCUT2D eigenvalue weighted by Gasteiger charge is -2.33. The number of hydrogen-bond acceptors (Lipinski definition) is 3. The van der Waals surface area contributed by atoms with E-state index >= 15 is 0 Å². The van der Waals surface area contributed by atoms with E-state index in [9.17, 15) is 4.79 Å². The van der Waals surface area contributed by atoms with Crippen molar-refractivity contribution in [3.05, 3.63) is 29.8 Å². The van der Waals surface area contributed by atoms with E-state index in [0.717, 1.165) is 49.1 Å². The molecular formula is C20H30N4O2. The molecule has 2 saturated heterocycles. The van der Waals surface area contributed by atoms with Crippen LogP contribution in [0.5, 0.6) is 0 Å². The Labute approximate surface area is 156 Å². The second-order valence-corrected chi connectivity index (χ2v) is 7.26. The molecule has 0 spiro atoms. The molecule has 0 aliphatic carbocycles. The smallest absolute Gasteiger partial charge is 0.253 e. The molecule has 2 fully saturated rings. The average Bonchev–Trinajstić information content (AvgIpc) is 3.19. The van der Waals surface area contributed by atoms with Gasteiger partial charge in [-0.3, -0.25) is 9.79 Å². The normalized spacial score (nSPS) is 21.7. The molecule has 0 radical (unpaired) electrons. The van der Waals surface area contributed by atoms with Gasteiger partial charge >= 0.3 is 0 Å². The number of likely N-dealkylation sites (tertiary alicyclic amines) is 1. The highest BCUT2D eigenvalue weighted by molar-refractivity contribution is 5.94. The lowest BCUT2D eigenvalue weighted by atomic mass is 9.99. The van der Waals surface area contributed by atoms with E-state index < -0.39 is 0 Å². The summed E-state index contributed by atoms with van der Waals surface area (Å²) in [5.41, 5.74) is 1.92. The lowest BCUT2D eigenvalue weighted by molar-refractivity contribution is -0.124. The molecule has 2 N–H and O–H groups in total. The molecule has 6 heteroatoms. The molecule has 0 aromatic heterocycles. The van der Waals surface area contributed by atoms with Gasteiger partial charge in [0, 0.05) is 39.0 Å². The highest BCUT2D eigenvalue weighted by Crippen LogP contribution is 2.17. The molecule has 1 amide bonds. The van der Waals surface area contributed by atoms with Gasteiger partial charge in [-0.15, -0.1) is 0 Å². The van der Waals surface area contributed by atoms with Crippen molar-refractivity contribution in [1.82, 2.24) is 10.2 Å². The molecule has 2 heterocycles. The van der Waals surface area contributed by atoms with Gasteiger partial charge in [0.25, 0.3) is 5.91 Å². The Morgan fingerprint density at radius 1 is 1.31 bits per heavy atom. The number of carbonyl (C=O) groups is 1. The summed E-state index contributed by atoms with van der Waals surface area (Å²) in [4.78, 5) is 18.9. The summed E-state index contributed by atoms with van der Waals surface area (Å²) in [5, 5.41) is 6.41. The molecule has 3 rings (SSSR count). The van der Waals surface area contributed by atoms with E-state index in [1.54, 1.807) is 0 Å². The number of anilines is 1. The van der Waals surface area contributed by atoms with Crippen molar-refractivity contribution >= 4 is 17.6 Å². The van der Waals surface area contributed by atoms with Crippen LogP contribution in [0, 0.1) is 5.92 Å². The van der Waals surface area contributed by atoms with E-state index in [1.165, 1.54) is 12.8 Å². The van der Waals surface area contributed by atoms with Gasteiger partial charge < -0.3 is 20.3 Å². The predicted molar refractivity (Wildman–Crippen MR) is 104 cm³/mol. The average molecular weight is 358 g/mol. The number of piperidine rings is 1. The first-order chi connectivity index (χ1) is 12.7. The number of hydrogen-bond donors (Lipinski definition) is 2. The molecule has 1 aromatic carbocycles. The Bertz CT molecular complexity index is 632. The first-order valence-corrected chi connectivity index (χ1v) is 9.62. The minimum Gasteiger partial charge on any atom is -0.368 e. The molecule has 0 bridgehead atoms. The van der Waals surface area contributed by atoms with Crippen molar-refractivity contribution in [3.63, 3.8) is 0 Å². The fourth-order valence-corrected chi connectivity index (χ4v) is 3.50. The summed E-state index contributed by atoms with van der Waals surface area (Å²) in [6.45, 7) is 5.78. The molecule has 1 aromatic rings. The fraction of sp³-hybridized carbons (Fsp3) is 0.600. The van der Waals surface area contributed by atoms with Crippen LogP contribution in [0.25, 0.3) is 0 Å². The number of nitrogens with one attached hydrogen (secondary N) is 2. The summed E-state index contributed by atoms with van der Waals surface area (Å²) in [6, 6.07) is 7.94. The van der Waals surface area contributed by atoms with Crippen LogP contribution in [0.2, 0.25) is 0 Å². The van der Waals surface area contributed by atoms with Crippen LogP contribution in [0.3, 0.4) is 0 Å². The van der Waals surface area contributed by atoms with Crippen LogP contribution in [-0.4, -0.2) is 49.6 Å². The van der Waals surface area contributed by atoms with E-state index in [2.05, 4.69) is 33.5 Å². The summed E-state index contributed by atoms with van der Waals surface area (Å²) in [7, 11) is 1.83. The predicted octanol–water partition coefficient (Wildman–Crippen LogP) is 2.61. The number of ether oxygens (including phenoxy) is 1. The van der Waals surface area contributed by atoms with Crippen molar-refractivity contribution in [1.29, 1.82) is 0 Å². The molecule has 26 heavy (non-hydrogen) atoms. The van der Waals surface area contributed by atoms with Crippen molar-refractivity contribution in [2.24, 2.45) is 10.9 Å². The van der Waals surface area contributed by atoms with Gasteiger partial charge in [-0.25, -0.2) is 0 Å². The molecule has 142 valence electrons. The summed E-state index contributed by atoms with van der Waals surface area (Å²) in [5.74, 6) is 1.70. The second-order valence-electron chi connectivity index (χ2n) is 7.26. The van der Waals surface area contributed by atoms with Crippen molar-refractivity contribution < 1.29 is 9.53 Å². The number of aliphatic imine (C=N–C) groups is 1. The largest absolute Gasteiger partial charge is 0.368 e. The molecule has 1 unspecified atom stereocenters. The highest BCUT2D eigenvalue weighted by atomic mass is 16.5. The van der Waals surface area contributed by atoms with Gasteiger partial charge in [-0.05, 0) is 49.3 Å². The third-order valence-electron chi connectivity index (χ3n) is 5.16. The third kappa shape index (κ3) is 4.97. The van der Waals surface area contributed by atoms with Gasteiger partial charge in [0.2, 0.25) is 0 Å². The van der Waals surface area contributed by atoms with E-state index in [-0.39, 0.29) is 12.0 Å². The minimum atomic E-state index is -0.308. The molecule has 6 nitrogen and oxygen atoms in total. The monoisotopic (exact) mass is 358 g/mol. The molecule has 2 aliphatic heterocycles. The molecule has 1 atom stereocenters. The van der Waals surface area contributed by atoms with Gasteiger partial charge in [0.1, 0.15) is 6.10 Å². The summed E-state index contributed by atoms with van der Waals surface area (Å²) >= 11 is 0. The van der Waals surface area contributed by atoms with E-state index in [1.807, 2.05) is 25.2 Å². The first kappa shape index (κ1) is 18.7. The summed E-state index contributed by atoms with van der Waals surface area (Å²) < 4.78 is 5.44. The van der Waals surface area contributed by atoms with Crippen LogP contribution in [-0.2, 0) is 16.1 Å². The van der Waals surface area contributed by atoms with Crippen LogP contribution < -0.4 is 10.6 Å². The van der Waals surface area contributed by atoms with Crippen LogP contribution in [0.4, 0.5) is 5.69 Å². The van der Waals surface area contributed by atoms with Crippen molar-refractivity contribution in [2.75, 3.05) is 32.1 Å². The number of nitrogens with zero attached hydrogens (tertiary/aromatic N) is 2. The zero-order valence-electron chi connectivity index (χ0n) is 15.8. The fourth-order valence-electron chi connectivity index (χ4n) is 3.50. The SMILES string of the molecule is CN=C(NCc1cccc(NC(=O)C2CCCO2)c1)N1CCC(C)CC1. The Balaban J connectivity index is 1.53. The number of amides is 1. The van der Waals surface area contributed by atoms with Gasteiger partial charge in [-0.2, -0.15) is 0 Å². The third-order valence-corrected chi connectivity index (χ3v) is 5.16. The maximum atomic E-state index is 12.2. The molecule has 2 aliphatic rings. The van der Waals surface area contributed by atoms with E-state index in [0.29, 0.717) is 13.2 Å². The highest BCUT2D eigenvalue weighted by Gasteiger charge is 2.23. The quantitative estimate of drug-likeness (QED) is 0.641. The number of rotatable bonds is 4. The molecular weight excluding hydrogens is 328 g/mol. The van der Waals surface area contributed by atoms with Crippen LogP contribution in [0.1, 0.15) is 38.2 Å². The maximum absolute atomic E-state index is 12.2. The first-order valence-electron chi connectivity index (χ1n) is 9.62. The standard InChI is InChI=1S/C20H30N4O2/c1-15-8-10-24(11-9-15)20(21-2)22-14-16-5-3-6-17(13-16)23-19(25)18-7-4-12-26-18/h3,5-6,13,15,18H,4,7-12,14H2,1-2H3,(H,21,22)(H,23,25). The minimum absolute atomic E-state index is 0.0501. The van der Waals surface area contributed by atoms with Gasteiger partial charge in [0.05, 0.1) is 0 Å². The van der Waals surface area contributed by atoms with Gasteiger partial charge in [-0.1, -0.05) is 19.1 Å². The van der Waals surface area contributed by atoms with Crippen LogP contribution in [0.15, 0.2) is 29.3 Å². The molecule has 0 saturated carbocycles. The Kier molecular flexibility index (Phi) is 6.50. The Hall–Kier alpha value is -2.08. The van der Waals surface area contributed by atoms with Crippen molar-refractivity contribution in [3.8, 4) is 0 Å². The zero-order chi connectivity index (χ0) is 18.4. The Morgan fingerprint density at radius 3 is 2.81 bits per heavy atom. The number of guanidine groups is 1. The van der Waals surface area contributed by atoms with E-state index in [4.69, 9.17) is 4.74 Å². The summed E-state index contributed by atoms with van der Waals surface area (Å²) in [6.07, 6.45) is 3.88. The number of carbonyl (C=O) groups excluding carboxylic acids is 1. The lowest BCUT2D eigenvalue weighted by Crippen LogP contribution is -2.45.